The summed E-state index contributed by atoms with van der Waals surface area (Å²) in [6.07, 6.45) is 1.95. The summed E-state index contributed by atoms with van der Waals surface area (Å²) in [6.45, 7) is 10.8. The van der Waals surface area contributed by atoms with E-state index in [1.807, 2.05) is 28.2 Å². The van der Waals surface area contributed by atoms with Crippen molar-refractivity contribution in [2.75, 3.05) is 93.6 Å². The predicted molar refractivity (Wildman–Crippen MR) is 145 cm³/mol. The molecule has 0 amide bonds. The van der Waals surface area contributed by atoms with E-state index in [1.165, 1.54) is 0 Å². The van der Waals surface area contributed by atoms with Crippen LogP contribution in [0, 0.1) is 5.41 Å². The number of isothiocyanates is 1. The van der Waals surface area contributed by atoms with Crippen molar-refractivity contribution in [3.05, 3.63) is 0 Å². The highest BCUT2D eigenvalue weighted by Crippen LogP contribution is 2.11. The summed E-state index contributed by atoms with van der Waals surface area (Å²) in [5.74, 6) is 0. The molecule has 0 aliphatic rings. The summed E-state index contributed by atoms with van der Waals surface area (Å²) >= 11 is 10.1. The average Bonchev–Trinajstić information content (AvgIpc) is 2.74. The zero-order chi connectivity index (χ0) is 24.1. The summed E-state index contributed by atoms with van der Waals surface area (Å²) in [5, 5.41) is 30.3. The molecule has 0 bridgehead atoms. The summed E-state index contributed by atoms with van der Waals surface area (Å²) in [7, 11) is 7.93. The fourth-order valence-electron chi connectivity index (χ4n) is 3.78. The van der Waals surface area contributed by atoms with Crippen LogP contribution < -0.4 is 42.5 Å². The maximum Gasteiger partial charge on any atom is 0.166 e. The Hall–Kier alpha value is -0.750. The number of hydrogen-bond acceptors (Lipinski definition) is 9. The molecule has 0 fully saturated rings. The van der Waals surface area contributed by atoms with E-state index < -0.39 is 0 Å². The highest BCUT2D eigenvalue weighted by Gasteiger charge is 2.29. The lowest BCUT2D eigenvalue weighted by Gasteiger charge is -2.36. The van der Waals surface area contributed by atoms with Crippen molar-refractivity contribution in [1.82, 2.24) is 42.5 Å². The first kappa shape index (κ1) is 31.2. The lowest BCUT2D eigenvalue weighted by molar-refractivity contribution is 0.286. The minimum absolute atomic E-state index is 0.181. The number of unbranched alkanes of at least 4 members (excludes halogenated alkanes) is 1. The standard InChI is InChI=1S/C21H47N9S2/c1-20(12-22-2,13-23-3)14-26-10-11-27-17-21(15-24-4,16-25-5)30-19(32)29-9-7-6-8-28-18-31/h22-27H,6-17H2,1-5H3,(H2,29,30,32). The minimum Gasteiger partial charge on any atom is -0.363 e. The van der Waals surface area contributed by atoms with Gasteiger partial charge in [0.1, 0.15) is 0 Å². The summed E-state index contributed by atoms with van der Waals surface area (Å²) in [6, 6.07) is 0. The van der Waals surface area contributed by atoms with Crippen LogP contribution in [0.15, 0.2) is 4.99 Å². The molecular formula is C21H47N9S2. The van der Waals surface area contributed by atoms with Crippen molar-refractivity contribution < 1.29 is 0 Å². The van der Waals surface area contributed by atoms with Crippen molar-refractivity contribution in [3.63, 3.8) is 0 Å². The van der Waals surface area contributed by atoms with Crippen LogP contribution in [0.5, 0.6) is 0 Å². The van der Waals surface area contributed by atoms with E-state index in [0.717, 1.165) is 78.3 Å². The highest BCUT2D eigenvalue weighted by molar-refractivity contribution is 7.80. The fourth-order valence-corrected chi connectivity index (χ4v) is 4.19. The minimum atomic E-state index is -0.234. The van der Waals surface area contributed by atoms with Crippen LogP contribution in [-0.2, 0) is 0 Å². The number of nitrogens with one attached hydrogen (secondary N) is 8. The summed E-state index contributed by atoms with van der Waals surface area (Å²) in [4.78, 5) is 3.94. The Morgan fingerprint density at radius 1 is 0.781 bits per heavy atom. The lowest BCUT2D eigenvalue weighted by Crippen LogP contribution is -2.66. The topological polar surface area (TPSA) is 109 Å². The Bertz CT molecular complexity index is 515. The van der Waals surface area contributed by atoms with Gasteiger partial charge >= 0.3 is 0 Å². The number of nitrogens with zero attached hydrogens (tertiary/aromatic N) is 1. The van der Waals surface area contributed by atoms with Gasteiger partial charge in [-0.1, -0.05) is 6.92 Å². The van der Waals surface area contributed by atoms with Crippen LogP contribution in [0.2, 0.25) is 0 Å². The molecule has 8 N–H and O–H groups in total. The molecule has 0 spiro atoms. The van der Waals surface area contributed by atoms with Gasteiger partial charge in [-0.2, -0.15) is 0 Å². The molecule has 0 aromatic heterocycles. The van der Waals surface area contributed by atoms with Crippen molar-refractivity contribution in [2.45, 2.75) is 25.3 Å². The molecule has 0 saturated heterocycles. The molecule has 0 aliphatic heterocycles. The van der Waals surface area contributed by atoms with Gasteiger partial charge in [-0.3, -0.25) is 0 Å². The van der Waals surface area contributed by atoms with Crippen LogP contribution in [0.1, 0.15) is 19.8 Å². The van der Waals surface area contributed by atoms with E-state index in [9.17, 15) is 0 Å². The van der Waals surface area contributed by atoms with Gasteiger partial charge in [0.15, 0.2) is 5.11 Å². The molecule has 0 heterocycles. The van der Waals surface area contributed by atoms with Crippen molar-refractivity contribution in [2.24, 2.45) is 10.4 Å². The van der Waals surface area contributed by atoms with Crippen LogP contribution in [-0.4, -0.2) is 109 Å². The molecular weight excluding hydrogens is 442 g/mol. The number of likely N-dealkylation sites (N-methyl/N-ethyl adjacent to an activating group) is 2. The SMILES string of the molecule is CNCC(C)(CNC)CNCCNCC(CNC)(CNC)NC(=S)NCCCCN=C=S. The summed E-state index contributed by atoms with van der Waals surface area (Å²) < 4.78 is 0. The Kier molecular flexibility index (Phi) is 19.2. The summed E-state index contributed by atoms with van der Waals surface area (Å²) in [5.41, 5.74) is -0.0527. The molecule has 0 radical (unpaired) electrons. The molecule has 0 aliphatic carbocycles. The van der Waals surface area contributed by atoms with Gasteiger partial charge in [0.2, 0.25) is 0 Å². The van der Waals surface area contributed by atoms with Gasteiger partial charge in [0.25, 0.3) is 0 Å². The Labute approximate surface area is 206 Å². The van der Waals surface area contributed by atoms with Gasteiger partial charge in [-0.15, -0.1) is 0 Å². The van der Waals surface area contributed by atoms with E-state index >= 15 is 0 Å². The zero-order valence-corrected chi connectivity index (χ0v) is 22.4. The predicted octanol–water partition coefficient (Wildman–Crippen LogP) is -0.865. The molecule has 0 unspecified atom stereocenters. The molecule has 0 aromatic carbocycles. The van der Waals surface area contributed by atoms with Gasteiger partial charge in [-0.05, 0) is 65.5 Å². The van der Waals surface area contributed by atoms with Crippen molar-refractivity contribution >= 4 is 34.7 Å². The number of hydrogen-bond donors (Lipinski definition) is 8. The molecule has 11 heteroatoms. The smallest absolute Gasteiger partial charge is 0.166 e. The molecule has 32 heavy (non-hydrogen) atoms. The molecule has 0 atom stereocenters. The molecule has 9 nitrogen and oxygen atoms in total. The molecule has 0 aromatic rings. The number of aliphatic imine (C=N–C) groups is 1. The van der Waals surface area contributed by atoms with E-state index in [1.54, 1.807) is 0 Å². The normalized spacial score (nSPS) is 11.8. The quantitative estimate of drug-likeness (QED) is 0.0589. The zero-order valence-electron chi connectivity index (χ0n) is 20.7. The Morgan fingerprint density at radius 2 is 1.34 bits per heavy atom. The average molecular weight is 490 g/mol. The second kappa shape index (κ2) is 19.7. The fraction of sp³-hybridized carbons (Fsp3) is 0.905. The first-order valence-electron chi connectivity index (χ1n) is 11.5. The van der Waals surface area contributed by atoms with E-state index in [4.69, 9.17) is 12.2 Å². The number of thiocarbonyl (C=S) groups is 2. The molecule has 0 saturated carbocycles. The third kappa shape index (κ3) is 15.2. The first-order valence-corrected chi connectivity index (χ1v) is 12.3. The molecule has 0 rings (SSSR count). The van der Waals surface area contributed by atoms with Gasteiger partial charge in [0.05, 0.1) is 10.7 Å². The van der Waals surface area contributed by atoms with Crippen molar-refractivity contribution in [1.29, 1.82) is 0 Å². The van der Waals surface area contributed by atoms with E-state index in [2.05, 4.69) is 71.8 Å². The van der Waals surface area contributed by atoms with Crippen LogP contribution >= 0.6 is 24.4 Å². The second-order valence-electron chi connectivity index (χ2n) is 8.63. The maximum absolute atomic E-state index is 5.56. The number of rotatable bonds is 21. The van der Waals surface area contributed by atoms with E-state index in [-0.39, 0.29) is 11.0 Å². The highest BCUT2D eigenvalue weighted by atomic mass is 32.1. The monoisotopic (exact) mass is 489 g/mol. The lowest BCUT2D eigenvalue weighted by atomic mass is 9.90. The largest absolute Gasteiger partial charge is 0.363 e. The Balaban J connectivity index is 4.50. The van der Waals surface area contributed by atoms with Crippen molar-refractivity contribution in [3.8, 4) is 0 Å². The maximum atomic E-state index is 5.56. The third-order valence-electron chi connectivity index (χ3n) is 5.16. The van der Waals surface area contributed by atoms with Gasteiger partial charge < -0.3 is 42.5 Å². The van der Waals surface area contributed by atoms with E-state index in [0.29, 0.717) is 5.11 Å². The van der Waals surface area contributed by atoms with Crippen LogP contribution in [0.4, 0.5) is 0 Å². The van der Waals surface area contributed by atoms with Gasteiger partial charge in [0, 0.05) is 70.9 Å². The van der Waals surface area contributed by atoms with Crippen LogP contribution in [0.25, 0.3) is 0 Å². The Morgan fingerprint density at radius 3 is 1.88 bits per heavy atom. The first-order chi connectivity index (χ1) is 15.4. The third-order valence-corrected chi connectivity index (χ3v) is 5.53. The molecule has 188 valence electrons. The van der Waals surface area contributed by atoms with Crippen LogP contribution in [0.3, 0.4) is 0 Å². The van der Waals surface area contributed by atoms with Gasteiger partial charge in [-0.25, -0.2) is 4.99 Å². The second-order valence-corrected chi connectivity index (χ2v) is 9.22.